The van der Waals surface area contributed by atoms with Crippen LogP contribution in [0.3, 0.4) is 0 Å². The summed E-state index contributed by atoms with van der Waals surface area (Å²) in [5, 5.41) is 3.15. The number of rotatable bonds is 2. The summed E-state index contributed by atoms with van der Waals surface area (Å²) in [6.07, 6.45) is 0. The molecule has 0 atom stereocenters. The molecule has 0 bridgehead atoms. The van der Waals surface area contributed by atoms with E-state index in [9.17, 15) is 0 Å². The first-order valence-corrected chi connectivity index (χ1v) is 16.4. The van der Waals surface area contributed by atoms with Crippen molar-refractivity contribution in [2.24, 2.45) is 0 Å². The van der Waals surface area contributed by atoms with Crippen LogP contribution < -0.4 is 0 Å². The van der Waals surface area contributed by atoms with Crippen LogP contribution in [0.5, 0.6) is 0 Å². The van der Waals surface area contributed by atoms with Gasteiger partial charge in [-0.15, -0.1) is 0 Å². The normalized spacial score (nSPS) is 13.6. The van der Waals surface area contributed by atoms with Gasteiger partial charge in [0.2, 0.25) is 0 Å². The minimum Gasteiger partial charge on any atom is -0.456 e. The first-order chi connectivity index (χ1) is 23.8. The summed E-state index contributed by atoms with van der Waals surface area (Å²) in [4.78, 5) is 10.4. The average Bonchev–Trinajstić information content (AvgIpc) is 3.77. The van der Waals surface area contributed by atoms with Crippen LogP contribution in [0.2, 0.25) is 0 Å². The summed E-state index contributed by atoms with van der Waals surface area (Å²) < 4.78 is 6.76. The molecule has 9 aromatic rings. The standard InChI is InChI=1S/C45H26N2O/c1-2-13-27(14-3-1)43-31-18-7-11-23-39(31)46-44(47-43)32-19-12-24-40-42(32)34-25-33-30-17-6-10-22-37(30)45(38(33)26-41(34)48-40)35-20-8-4-15-28(35)29-16-5-9-21-36(29)45/h1-26H. The van der Waals surface area contributed by atoms with Crippen molar-refractivity contribution in [3.63, 3.8) is 0 Å². The molecule has 2 aromatic heterocycles. The monoisotopic (exact) mass is 610 g/mol. The molecule has 0 N–H and O–H groups in total. The molecule has 11 rings (SSSR count). The molecule has 1 spiro atoms. The molecular weight excluding hydrogens is 585 g/mol. The number of para-hydroxylation sites is 1. The van der Waals surface area contributed by atoms with E-state index in [0.29, 0.717) is 5.82 Å². The van der Waals surface area contributed by atoms with Gasteiger partial charge in [-0.2, -0.15) is 0 Å². The highest BCUT2D eigenvalue weighted by Crippen LogP contribution is 2.63. The van der Waals surface area contributed by atoms with Crippen LogP contribution in [-0.2, 0) is 5.41 Å². The van der Waals surface area contributed by atoms with E-state index in [2.05, 4.69) is 146 Å². The van der Waals surface area contributed by atoms with Crippen LogP contribution in [0.25, 0.3) is 77.7 Å². The number of nitrogens with zero attached hydrogens (tertiary/aromatic N) is 2. The summed E-state index contributed by atoms with van der Waals surface area (Å²) >= 11 is 0. The van der Waals surface area contributed by atoms with Gasteiger partial charge in [-0.25, -0.2) is 9.97 Å². The minimum atomic E-state index is -0.416. The highest BCUT2D eigenvalue weighted by molar-refractivity contribution is 6.14. The number of aromatic nitrogens is 2. The van der Waals surface area contributed by atoms with Crippen LogP contribution in [0.4, 0.5) is 0 Å². The molecule has 0 saturated carbocycles. The van der Waals surface area contributed by atoms with Crippen molar-refractivity contribution in [1.82, 2.24) is 9.97 Å². The Morgan fingerprint density at radius 3 is 1.75 bits per heavy atom. The highest BCUT2D eigenvalue weighted by Gasteiger charge is 2.51. The molecule has 0 unspecified atom stereocenters. The van der Waals surface area contributed by atoms with Gasteiger partial charge in [0.25, 0.3) is 0 Å². The molecule has 0 radical (unpaired) electrons. The Kier molecular flexibility index (Phi) is 5.04. The Hall–Kier alpha value is -6.32. The van der Waals surface area contributed by atoms with Crippen LogP contribution in [-0.4, -0.2) is 9.97 Å². The zero-order chi connectivity index (χ0) is 31.4. The first-order valence-electron chi connectivity index (χ1n) is 16.4. The molecular formula is C45H26N2O. The fraction of sp³-hybridized carbons (Fsp3) is 0.0222. The maximum atomic E-state index is 6.76. The third-order valence-corrected chi connectivity index (χ3v) is 10.5. The quantitative estimate of drug-likeness (QED) is 0.195. The van der Waals surface area contributed by atoms with Gasteiger partial charge in [-0.3, -0.25) is 0 Å². The van der Waals surface area contributed by atoms with Gasteiger partial charge in [0.1, 0.15) is 11.2 Å². The van der Waals surface area contributed by atoms with E-state index in [4.69, 9.17) is 14.4 Å². The smallest absolute Gasteiger partial charge is 0.161 e. The summed E-state index contributed by atoms with van der Waals surface area (Å²) in [6.45, 7) is 0. The fourth-order valence-corrected chi connectivity index (χ4v) is 8.61. The van der Waals surface area contributed by atoms with Crippen LogP contribution in [0.15, 0.2) is 162 Å². The Labute approximate surface area is 276 Å². The topological polar surface area (TPSA) is 38.9 Å². The molecule has 0 aliphatic heterocycles. The van der Waals surface area contributed by atoms with E-state index in [0.717, 1.165) is 49.7 Å². The van der Waals surface area contributed by atoms with Crippen LogP contribution >= 0.6 is 0 Å². The number of benzene rings is 7. The second kappa shape index (κ2) is 9.37. The average molecular weight is 611 g/mol. The van der Waals surface area contributed by atoms with Crippen molar-refractivity contribution in [1.29, 1.82) is 0 Å². The van der Waals surface area contributed by atoms with Crippen molar-refractivity contribution >= 4 is 32.8 Å². The van der Waals surface area contributed by atoms with Gasteiger partial charge in [-0.05, 0) is 68.8 Å². The Morgan fingerprint density at radius 1 is 0.417 bits per heavy atom. The molecule has 0 saturated heterocycles. The number of furan rings is 1. The molecule has 48 heavy (non-hydrogen) atoms. The fourth-order valence-electron chi connectivity index (χ4n) is 8.61. The van der Waals surface area contributed by atoms with Crippen molar-refractivity contribution < 1.29 is 4.42 Å². The molecule has 0 amide bonds. The second-order valence-electron chi connectivity index (χ2n) is 12.8. The molecule has 222 valence electrons. The summed E-state index contributed by atoms with van der Waals surface area (Å²) in [6, 6.07) is 56.3. The van der Waals surface area contributed by atoms with Crippen LogP contribution in [0.1, 0.15) is 22.3 Å². The van der Waals surface area contributed by atoms with Crippen molar-refractivity contribution in [2.75, 3.05) is 0 Å². The van der Waals surface area contributed by atoms with E-state index in [-0.39, 0.29) is 0 Å². The van der Waals surface area contributed by atoms with Gasteiger partial charge in [0.05, 0.1) is 16.6 Å². The largest absolute Gasteiger partial charge is 0.456 e. The predicted octanol–water partition coefficient (Wildman–Crippen LogP) is 11.2. The molecule has 2 aliphatic rings. The van der Waals surface area contributed by atoms with Gasteiger partial charge in [-0.1, -0.05) is 133 Å². The molecule has 7 aromatic carbocycles. The number of hydrogen-bond acceptors (Lipinski definition) is 3. The first kappa shape index (κ1) is 25.8. The third kappa shape index (κ3) is 3.22. The van der Waals surface area contributed by atoms with Gasteiger partial charge >= 0.3 is 0 Å². The highest BCUT2D eigenvalue weighted by atomic mass is 16.3. The maximum Gasteiger partial charge on any atom is 0.161 e. The lowest BCUT2D eigenvalue weighted by molar-refractivity contribution is 0.666. The summed E-state index contributed by atoms with van der Waals surface area (Å²) in [5.41, 5.74) is 15.5. The van der Waals surface area contributed by atoms with E-state index in [1.54, 1.807) is 0 Å². The lowest BCUT2D eigenvalue weighted by atomic mass is 9.70. The number of fused-ring (bicyclic) bond motifs is 14. The predicted molar refractivity (Wildman–Crippen MR) is 194 cm³/mol. The van der Waals surface area contributed by atoms with Gasteiger partial charge < -0.3 is 4.42 Å². The minimum absolute atomic E-state index is 0.416. The van der Waals surface area contributed by atoms with Crippen molar-refractivity contribution in [2.45, 2.75) is 5.41 Å². The third-order valence-electron chi connectivity index (χ3n) is 10.5. The lowest BCUT2D eigenvalue weighted by Gasteiger charge is -2.30. The molecule has 2 aliphatic carbocycles. The molecule has 0 fully saturated rings. The molecule has 2 heterocycles. The molecule has 3 heteroatoms. The molecule has 3 nitrogen and oxygen atoms in total. The Morgan fingerprint density at radius 2 is 1.02 bits per heavy atom. The second-order valence-corrected chi connectivity index (χ2v) is 12.8. The zero-order valence-corrected chi connectivity index (χ0v) is 25.8. The van der Waals surface area contributed by atoms with E-state index < -0.39 is 5.41 Å². The Balaban J connectivity index is 1.22. The number of hydrogen-bond donors (Lipinski definition) is 0. The zero-order valence-electron chi connectivity index (χ0n) is 25.8. The van der Waals surface area contributed by atoms with Gasteiger partial charge in [0, 0.05) is 27.3 Å². The SMILES string of the molecule is c1ccc(-c2nc(-c3cccc4oc5cc6c(cc5c34)-c3ccccc3C63c4ccccc4-c4ccccc43)nc3ccccc23)cc1. The Bertz CT molecular complexity index is 2750. The van der Waals surface area contributed by atoms with Crippen molar-refractivity contribution in [3.05, 3.63) is 180 Å². The van der Waals surface area contributed by atoms with Crippen LogP contribution in [0, 0.1) is 0 Å². The maximum absolute atomic E-state index is 6.76. The lowest BCUT2D eigenvalue weighted by Crippen LogP contribution is -2.25. The summed E-state index contributed by atoms with van der Waals surface area (Å²) in [5.74, 6) is 0.692. The van der Waals surface area contributed by atoms with Crippen molar-refractivity contribution in [3.8, 4) is 44.9 Å². The van der Waals surface area contributed by atoms with Gasteiger partial charge in [0.15, 0.2) is 5.82 Å². The van der Waals surface area contributed by atoms with E-state index in [1.165, 1.54) is 44.5 Å². The summed E-state index contributed by atoms with van der Waals surface area (Å²) in [7, 11) is 0. The van der Waals surface area contributed by atoms with E-state index >= 15 is 0 Å². The van der Waals surface area contributed by atoms with E-state index in [1.807, 2.05) is 12.1 Å².